The Morgan fingerprint density at radius 3 is 2.57 bits per heavy atom. The normalized spacial score (nSPS) is 10.9. The molecule has 0 saturated carbocycles. The predicted molar refractivity (Wildman–Crippen MR) is 88.4 cm³/mol. The molecule has 1 aromatic heterocycles. The first-order valence-electron chi connectivity index (χ1n) is 6.94. The van der Waals surface area contributed by atoms with Gasteiger partial charge in [-0.1, -0.05) is 34.1 Å². The lowest BCUT2D eigenvalue weighted by atomic mass is 10.1. The smallest absolute Gasteiger partial charge is 0.164 e. The van der Waals surface area contributed by atoms with Crippen LogP contribution in [-0.4, -0.2) is 29.3 Å². The Balaban J connectivity index is 1.84. The summed E-state index contributed by atoms with van der Waals surface area (Å²) in [6.07, 6.45) is 0.518. The van der Waals surface area contributed by atoms with Gasteiger partial charge in [-0.15, -0.1) is 0 Å². The molecule has 3 nitrogen and oxygen atoms in total. The lowest BCUT2D eigenvalue weighted by Gasteiger charge is -2.15. The van der Waals surface area contributed by atoms with Crippen molar-refractivity contribution in [2.45, 2.75) is 19.9 Å². The Bertz CT molecular complexity index is 610. The van der Waals surface area contributed by atoms with Crippen LogP contribution >= 0.6 is 15.9 Å². The zero-order valence-corrected chi connectivity index (χ0v) is 13.9. The molecule has 0 spiro atoms. The Hall–Kier alpha value is -1.52. The van der Waals surface area contributed by atoms with Crippen molar-refractivity contribution in [3.05, 3.63) is 63.9 Å². The number of ketones is 1. The molecule has 0 bridgehead atoms. The minimum Gasteiger partial charge on any atom is -0.300 e. The van der Waals surface area contributed by atoms with Crippen molar-refractivity contribution < 1.29 is 4.79 Å². The molecule has 0 aliphatic carbocycles. The molecule has 4 heteroatoms. The Kier molecular flexibility index (Phi) is 5.65. The minimum atomic E-state index is 0.173. The lowest BCUT2D eigenvalue weighted by Crippen LogP contribution is -2.22. The number of aryl methyl sites for hydroxylation is 1. The first kappa shape index (κ1) is 15.9. The van der Waals surface area contributed by atoms with Gasteiger partial charge in [-0.25, -0.2) is 0 Å². The summed E-state index contributed by atoms with van der Waals surface area (Å²) < 4.78 is 0.988. The van der Waals surface area contributed by atoms with Gasteiger partial charge in [0.1, 0.15) is 0 Å². The third-order valence-electron chi connectivity index (χ3n) is 3.26. The molecular weight excluding hydrogens is 328 g/mol. The van der Waals surface area contributed by atoms with Gasteiger partial charge >= 0.3 is 0 Å². The Morgan fingerprint density at radius 2 is 1.90 bits per heavy atom. The highest BCUT2D eigenvalue weighted by Crippen LogP contribution is 2.12. The van der Waals surface area contributed by atoms with Crippen molar-refractivity contribution >= 4 is 21.7 Å². The average Bonchev–Trinajstić information content (AvgIpc) is 2.45. The van der Waals surface area contributed by atoms with Gasteiger partial charge in [-0.05, 0) is 38.2 Å². The van der Waals surface area contributed by atoms with Gasteiger partial charge in [0.25, 0.3) is 0 Å². The minimum absolute atomic E-state index is 0.173. The largest absolute Gasteiger partial charge is 0.300 e. The molecule has 0 atom stereocenters. The van der Waals surface area contributed by atoms with E-state index < -0.39 is 0 Å². The Morgan fingerprint density at radius 1 is 1.19 bits per heavy atom. The number of nitrogens with zero attached hydrogens (tertiary/aromatic N) is 2. The standard InChI is InChI=1S/C17H19BrN2O/c1-13-4-3-5-16(19-13)12-20(2)11-10-17(21)14-6-8-15(18)9-7-14/h3-9H,10-12H2,1-2H3. The summed E-state index contributed by atoms with van der Waals surface area (Å²) in [5, 5.41) is 0. The lowest BCUT2D eigenvalue weighted by molar-refractivity contribution is 0.0967. The molecule has 0 unspecified atom stereocenters. The zero-order chi connectivity index (χ0) is 15.2. The fourth-order valence-electron chi connectivity index (χ4n) is 2.12. The van der Waals surface area contributed by atoms with E-state index in [2.05, 4.69) is 25.8 Å². The third-order valence-corrected chi connectivity index (χ3v) is 3.79. The summed E-state index contributed by atoms with van der Waals surface area (Å²) >= 11 is 3.37. The number of hydrogen-bond donors (Lipinski definition) is 0. The van der Waals surface area contributed by atoms with Gasteiger partial charge in [0.15, 0.2) is 5.78 Å². The number of Topliss-reactive ketones (excluding diaryl/α,β-unsaturated/α-hetero) is 1. The molecule has 1 heterocycles. The van der Waals surface area contributed by atoms with Crippen molar-refractivity contribution in [2.24, 2.45) is 0 Å². The molecule has 0 aliphatic heterocycles. The van der Waals surface area contributed by atoms with Crippen molar-refractivity contribution in [3.8, 4) is 0 Å². The van der Waals surface area contributed by atoms with E-state index in [1.807, 2.05) is 56.4 Å². The number of carbonyl (C=O) groups is 1. The summed E-state index contributed by atoms with van der Waals surface area (Å²) in [7, 11) is 2.01. The van der Waals surface area contributed by atoms with E-state index in [1.54, 1.807) is 0 Å². The average molecular weight is 347 g/mol. The monoisotopic (exact) mass is 346 g/mol. The van der Waals surface area contributed by atoms with E-state index in [1.165, 1.54) is 0 Å². The molecule has 0 fully saturated rings. The maximum Gasteiger partial charge on any atom is 0.164 e. The summed E-state index contributed by atoms with van der Waals surface area (Å²) in [5.41, 5.74) is 2.82. The number of benzene rings is 1. The van der Waals surface area contributed by atoms with Crippen LogP contribution in [0.25, 0.3) is 0 Å². The van der Waals surface area contributed by atoms with Crippen LogP contribution in [0.1, 0.15) is 28.2 Å². The molecule has 0 amide bonds. The van der Waals surface area contributed by atoms with Gasteiger partial charge in [-0.3, -0.25) is 9.78 Å². The quantitative estimate of drug-likeness (QED) is 0.744. The molecule has 2 rings (SSSR count). The second-order valence-corrected chi connectivity index (χ2v) is 6.10. The molecule has 0 aliphatic rings. The Labute approximate surface area is 134 Å². The van der Waals surface area contributed by atoms with Gasteiger partial charge in [0.05, 0.1) is 5.69 Å². The highest BCUT2D eigenvalue weighted by Gasteiger charge is 2.08. The predicted octanol–water partition coefficient (Wildman–Crippen LogP) is 3.86. The van der Waals surface area contributed by atoms with E-state index in [0.29, 0.717) is 6.42 Å². The highest BCUT2D eigenvalue weighted by atomic mass is 79.9. The van der Waals surface area contributed by atoms with Crippen LogP contribution in [-0.2, 0) is 6.54 Å². The number of aromatic nitrogens is 1. The summed E-state index contributed by atoms with van der Waals surface area (Å²) in [6.45, 7) is 3.47. The van der Waals surface area contributed by atoms with E-state index in [9.17, 15) is 4.79 Å². The topological polar surface area (TPSA) is 33.2 Å². The molecule has 21 heavy (non-hydrogen) atoms. The first-order chi connectivity index (χ1) is 10.0. The number of carbonyl (C=O) groups excluding carboxylic acids is 1. The maximum atomic E-state index is 12.1. The van der Waals surface area contributed by atoms with E-state index in [0.717, 1.165) is 34.5 Å². The van der Waals surface area contributed by atoms with Crippen LogP contribution < -0.4 is 0 Å². The van der Waals surface area contributed by atoms with Crippen molar-refractivity contribution in [1.29, 1.82) is 0 Å². The SMILES string of the molecule is Cc1cccc(CN(C)CCC(=O)c2ccc(Br)cc2)n1. The van der Waals surface area contributed by atoms with E-state index >= 15 is 0 Å². The number of pyridine rings is 1. The summed E-state index contributed by atoms with van der Waals surface area (Å²) in [5.74, 6) is 0.173. The van der Waals surface area contributed by atoms with Crippen molar-refractivity contribution in [2.75, 3.05) is 13.6 Å². The number of hydrogen-bond acceptors (Lipinski definition) is 3. The van der Waals surface area contributed by atoms with Crippen LogP contribution in [0.3, 0.4) is 0 Å². The molecule has 2 aromatic rings. The highest BCUT2D eigenvalue weighted by molar-refractivity contribution is 9.10. The molecule has 0 saturated heterocycles. The van der Waals surface area contributed by atoms with Crippen LogP contribution in [0.2, 0.25) is 0 Å². The van der Waals surface area contributed by atoms with Gasteiger partial charge in [0, 0.05) is 35.2 Å². The third kappa shape index (κ3) is 5.06. The molecule has 1 aromatic carbocycles. The summed E-state index contributed by atoms with van der Waals surface area (Å²) in [6, 6.07) is 13.5. The number of halogens is 1. The first-order valence-corrected chi connectivity index (χ1v) is 7.74. The van der Waals surface area contributed by atoms with Gasteiger partial charge in [-0.2, -0.15) is 0 Å². The van der Waals surface area contributed by atoms with Gasteiger partial charge < -0.3 is 4.90 Å². The summed E-state index contributed by atoms with van der Waals surface area (Å²) in [4.78, 5) is 18.7. The van der Waals surface area contributed by atoms with Crippen LogP contribution in [0.15, 0.2) is 46.9 Å². The van der Waals surface area contributed by atoms with Crippen molar-refractivity contribution in [3.63, 3.8) is 0 Å². The fourth-order valence-corrected chi connectivity index (χ4v) is 2.38. The van der Waals surface area contributed by atoms with Gasteiger partial charge in [0.2, 0.25) is 0 Å². The second kappa shape index (κ2) is 7.48. The fraction of sp³-hybridized carbons (Fsp3) is 0.294. The van der Waals surface area contributed by atoms with E-state index in [-0.39, 0.29) is 5.78 Å². The van der Waals surface area contributed by atoms with Crippen molar-refractivity contribution in [1.82, 2.24) is 9.88 Å². The van der Waals surface area contributed by atoms with Crippen LogP contribution in [0.5, 0.6) is 0 Å². The molecule has 110 valence electrons. The number of rotatable bonds is 6. The second-order valence-electron chi connectivity index (χ2n) is 5.19. The molecule has 0 radical (unpaired) electrons. The maximum absolute atomic E-state index is 12.1. The zero-order valence-electron chi connectivity index (χ0n) is 12.3. The van der Waals surface area contributed by atoms with E-state index in [4.69, 9.17) is 0 Å². The molecular formula is C17H19BrN2O. The molecule has 0 N–H and O–H groups in total. The van der Waals surface area contributed by atoms with Crippen LogP contribution in [0.4, 0.5) is 0 Å². The van der Waals surface area contributed by atoms with Crippen LogP contribution in [0, 0.1) is 6.92 Å².